The van der Waals surface area contributed by atoms with E-state index in [1.807, 2.05) is 0 Å². The Balaban J connectivity index is 2.83. The van der Waals surface area contributed by atoms with Gasteiger partial charge < -0.3 is 11.1 Å². The molecule has 0 unspecified atom stereocenters. The number of nitrogens with two attached hydrogens (primary N) is 1. The van der Waals surface area contributed by atoms with Gasteiger partial charge in [0.1, 0.15) is 0 Å². The maximum atomic E-state index is 12.7. The zero-order valence-electron chi connectivity index (χ0n) is 10.3. The summed E-state index contributed by atoms with van der Waals surface area (Å²) in [5.74, 6) is -0.0441. The first-order chi connectivity index (χ1) is 9.38. The molecule has 0 spiro atoms. The lowest BCUT2D eigenvalue weighted by molar-refractivity contribution is -0.123. The van der Waals surface area contributed by atoms with Gasteiger partial charge in [0.15, 0.2) is 0 Å². The Hall–Kier alpha value is -2.07. The fourth-order valence-corrected chi connectivity index (χ4v) is 1.31. The highest BCUT2D eigenvalue weighted by atomic mass is 19.3. The van der Waals surface area contributed by atoms with E-state index in [2.05, 4.69) is 11.8 Å². The van der Waals surface area contributed by atoms with Crippen LogP contribution in [0.5, 0.6) is 0 Å². The van der Waals surface area contributed by atoms with Crippen molar-refractivity contribution < 1.29 is 22.4 Å². The Bertz CT molecular complexity index is 535. The number of benzene rings is 1. The number of nitrogens with one attached hydrogen (secondary N) is 1. The van der Waals surface area contributed by atoms with Crippen LogP contribution in [0, 0.1) is 11.8 Å². The summed E-state index contributed by atoms with van der Waals surface area (Å²) in [4.78, 5) is 11.7. The summed E-state index contributed by atoms with van der Waals surface area (Å²) in [6.45, 7) is -1.37. The lowest BCUT2D eigenvalue weighted by Gasteiger charge is -2.16. The van der Waals surface area contributed by atoms with Gasteiger partial charge >= 0.3 is 12.3 Å². The van der Waals surface area contributed by atoms with Crippen molar-refractivity contribution in [2.24, 2.45) is 5.73 Å². The minimum atomic E-state index is -4.27. The second-order valence-corrected chi connectivity index (χ2v) is 3.80. The average Bonchev–Trinajstić information content (AvgIpc) is 2.42. The highest BCUT2D eigenvalue weighted by Gasteiger charge is 2.40. The molecule has 108 valence electrons. The summed E-state index contributed by atoms with van der Waals surface area (Å²) in [7, 11) is 0. The lowest BCUT2D eigenvalue weighted by Crippen LogP contribution is -2.41. The van der Waals surface area contributed by atoms with Gasteiger partial charge in [0.05, 0.1) is 18.7 Å². The largest absolute Gasteiger partial charge is 0.346 e. The molecule has 7 heteroatoms. The van der Waals surface area contributed by atoms with Gasteiger partial charge in [-0.2, -0.15) is 8.78 Å². The Morgan fingerprint density at radius 3 is 2.60 bits per heavy atom. The van der Waals surface area contributed by atoms with Gasteiger partial charge in [0.2, 0.25) is 0 Å². The third-order valence-corrected chi connectivity index (χ3v) is 2.30. The zero-order valence-corrected chi connectivity index (χ0v) is 10.3. The molecule has 0 aromatic heterocycles. The van der Waals surface area contributed by atoms with E-state index in [1.165, 1.54) is 18.2 Å². The van der Waals surface area contributed by atoms with Crippen LogP contribution < -0.4 is 11.1 Å². The standard InChI is InChI=1S/C13H12F4N2O/c14-12(15)13(16,17)8-19-11(20)10-6-2-1-4-9(10)5-3-7-18/h1-2,4,6,12H,7-8,18H2,(H,19,20). The number of rotatable bonds is 4. The smallest absolute Gasteiger partial charge is 0.324 e. The first-order valence-corrected chi connectivity index (χ1v) is 5.60. The number of amides is 1. The van der Waals surface area contributed by atoms with Crippen molar-refractivity contribution in [2.45, 2.75) is 12.3 Å². The van der Waals surface area contributed by atoms with Crippen LogP contribution in [0.1, 0.15) is 15.9 Å². The van der Waals surface area contributed by atoms with Crippen LogP contribution in [0.4, 0.5) is 17.6 Å². The van der Waals surface area contributed by atoms with Gasteiger partial charge in [-0.05, 0) is 12.1 Å². The third-order valence-electron chi connectivity index (χ3n) is 2.30. The van der Waals surface area contributed by atoms with Crippen molar-refractivity contribution in [1.82, 2.24) is 5.32 Å². The van der Waals surface area contributed by atoms with Gasteiger partial charge in [0.25, 0.3) is 5.91 Å². The van der Waals surface area contributed by atoms with Crippen LogP contribution in [0.25, 0.3) is 0 Å². The Kier molecular flexibility index (Phi) is 5.53. The molecule has 20 heavy (non-hydrogen) atoms. The molecule has 0 fully saturated rings. The topological polar surface area (TPSA) is 55.1 Å². The molecule has 1 aromatic rings. The number of carbonyl (C=O) groups excluding carboxylic acids is 1. The van der Waals surface area contributed by atoms with Crippen LogP contribution in [0.3, 0.4) is 0 Å². The minimum Gasteiger partial charge on any atom is -0.346 e. The van der Waals surface area contributed by atoms with Crippen molar-refractivity contribution in [2.75, 3.05) is 13.1 Å². The molecule has 0 aliphatic carbocycles. The third kappa shape index (κ3) is 4.24. The summed E-state index contributed by atoms with van der Waals surface area (Å²) in [6, 6.07) is 5.97. The molecule has 0 bridgehead atoms. The molecule has 0 atom stereocenters. The van der Waals surface area contributed by atoms with E-state index in [0.29, 0.717) is 0 Å². The SMILES string of the molecule is NCC#Cc1ccccc1C(=O)NCC(F)(F)C(F)F. The first-order valence-electron chi connectivity index (χ1n) is 5.60. The van der Waals surface area contributed by atoms with E-state index in [4.69, 9.17) is 5.73 Å². The molecular formula is C13H12F4N2O. The monoisotopic (exact) mass is 288 g/mol. The summed E-state index contributed by atoms with van der Waals surface area (Å²) in [6.07, 6.45) is -3.84. The van der Waals surface area contributed by atoms with Crippen molar-refractivity contribution in [3.63, 3.8) is 0 Å². The van der Waals surface area contributed by atoms with E-state index >= 15 is 0 Å². The Morgan fingerprint density at radius 1 is 1.35 bits per heavy atom. The quantitative estimate of drug-likeness (QED) is 0.653. The number of carbonyl (C=O) groups is 1. The molecule has 0 radical (unpaired) electrons. The molecule has 0 heterocycles. The highest BCUT2D eigenvalue weighted by Crippen LogP contribution is 2.21. The molecule has 3 nitrogen and oxygen atoms in total. The minimum absolute atomic E-state index is 0.0264. The number of hydrogen-bond acceptors (Lipinski definition) is 2. The van der Waals surface area contributed by atoms with Crippen molar-refractivity contribution in [3.8, 4) is 11.8 Å². The van der Waals surface area contributed by atoms with E-state index in [-0.39, 0.29) is 17.7 Å². The fraction of sp³-hybridized carbons (Fsp3) is 0.308. The van der Waals surface area contributed by atoms with E-state index in [9.17, 15) is 22.4 Å². The maximum absolute atomic E-state index is 12.7. The molecule has 0 saturated carbocycles. The Labute approximate surface area is 113 Å². The molecule has 1 aromatic carbocycles. The van der Waals surface area contributed by atoms with Gasteiger partial charge in [0, 0.05) is 5.56 Å². The van der Waals surface area contributed by atoms with Crippen LogP contribution >= 0.6 is 0 Å². The number of hydrogen-bond donors (Lipinski definition) is 2. The molecule has 1 amide bonds. The van der Waals surface area contributed by atoms with Gasteiger partial charge in [-0.25, -0.2) is 8.78 Å². The second kappa shape index (κ2) is 6.91. The summed E-state index contributed by atoms with van der Waals surface area (Å²) in [5.41, 5.74) is 5.51. The van der Waals surface area contributed by atoms with Gasteiger partial charge in [-0.1, -0.05) is 24.0 Å². The molecule has 0 saturated heterocycles. The molecule has 0 aliphatic heterocycles. The van der Waals surface area contributed by atoms with Crippen LogP contribution in [-0.4, -0.2) is 31.3 Å². The van der Waals surface area contributed by atoms with Crippen LogP contribution in [0.15, 0.2) is 24.3 Å². The van der Waals surface area contributed by atoms with E-state index < -0.39 is 24.8 Å². The molecular weight excluding hydrogens is 276 g/mol. The van der Waals surface area contributed by atoms with E-state index in [0.717, 1.165) is 0 Å². The highest BCUT2D eigenvalue weighted by molar-refractivity contribution is 5.96. The van der Waals surface area contributed by atoms with Crippen LogP contribution in [-0.2, 0) is 0 Å². The van der Waals surface area contributed by atoms with Crippen molar-refractivity contribution >= 4 is 5.91 Å². The number of alkyl halides is 4. The molecule has 3 N–H and O–H groups in total. The van der Waals surface area contributed by atoms with E-state index in [1.54, 1.807) is 11.4 Å². The second-order valence-electron chi connectivity index (χ2n) is 3.80. The molecule has 0 aliphatic rings. The predicted molar refractivity (Wildman–Crippen MR) is 65.7 cm³/mol. The van der Waals surface area contributed by atoms with Gasteiger partial charge in [-0.3, -0.25) is 4.79 Å². The van der Waals surface area contributed by atoms with Gasteiger partial charge in [-0.15, -0.1) is 0 Å². The van der Waals surface area contributed by atoms with Crippen molar-refractivity contribution in [3.05, 3.63) is 35.4 Å². The first kappa shape index (κ1) is 16.0. The zero-order chi connectivity index (χ0) is 15.2. The summed E-state index contributed by atoms with van der Waals surface area (Å²) in [5, 5.41) is 1.77. The summed E-state index contributed by atoms with van der Waals surface area (Å²) >= 11 is 0. The molecule has 1 rings (SSSR count). The normalized spacial score (nSPS) is 10.9. The summed E-state index contributed by atoms with van der Waals surface area (Å²) < 4.78 is 49.4. The van der Waals surface area contributed by atoms with Crippen molar-refractivity contribution in [1.29, 1.82) is 0 Å². The van der Waals surface area contributed by atoms with Crippen LogP contribution in [0.2, 0.25) is 0 Å². The fourth-order valence-electron chi connectivity index (χ4n) is 1.31. The Morgan fingerprint density at radius 2 is 2.00 bits per heavy atom. The maximum Gasteiger partial charge on any atom is 0.324 e. The number of halogens is 4. The lowest BCUT2D eigenvalue weighted by atomic mass is 10.1. The average molecular weight is 288 g/mol. The predicted octanol–water partition coefficient (Wildman–Crippen LogP) is 1.63.